The van der Waals surface area contributed by atoms with Crippen molar-refractivity contribution in [3.05, 3.63) is 0 Å². The van der Waals surface area contributed by atoms with E-state index in [0.29, 0.717) is 12.3 Å². The number of sulfonamides is 1. The van der Waals surface area contributed by atoms with Crippen molar-refractivity contribution in [2.24, 2.45) is 16.7 Å². The lowest BCUT2D eigenvalue weighted by atomic mass is 9.69. The molecule has 0 aromatic rings. The van der Waals surface area contributed by atoms with Gasteiger partial charge in [0.1, 0.15) is 6.10 Å². The summed E-state index contributed by atoms with van der Waals surface area (Å²) in [5.41, 5.74) is -0.577. The summed E-state index contributed by atoms with van der Waals surface area (Å²) in [7, 11) is -3.45. The van der Waals surface area contributed by atoms with Gasteiger partial charge in [0.25, 0.3) is 0 Å². The van der Waals surface area contributed by atoms with Crippen molar-refractivity contribution < 1.29 is 17.9 Å². The van der Waals surface area contributed by atoms with Crippen molar-refractivity contribution in [3.63, 3.8) is 0 Å². The Morgan fingerprint density at radius 2 is 1.48 bits per heavy atom. The smallest absolute Gasteiger partial charge is 0.305 e. The van der Waals surface area contributed by atoms with Crippen molar-refractivity contribution in [2.45, 2.75) is 129 Å². The molecular weight excluding hydrogens is 410 g/mol. The Morgan fingerprint density at radius 1 is 0.935 bits per heavy atom. The first-order valence-corrected chi connectivity index (χ1v) is 14.5. The third-order valence-corrected chi connectivity index (χ3v) is 11.7. The largest absolute Gasteiger partial charge is 0.462 e. The second-order valence-electron chi connectivity index (χ2n) is 11.4. The van der Waals surface area contributed by atoms with Gasteiger partial charge in [-0.2, -0.15) is 4.31 Å². The summed E-state index contributed by atoms with van der Waals surface area (Å²) in [6, 6.07) is 0.327. The minimum absolute atomic E-state index is 0.121. The molecule has 0 spiro atoms. The average molecular weight is 454 g/mol. The normalized spacial score (nSPS) is 34.3. The van der Waals surface area contributed by atoms with Crippen LogP contribution in [-0.4, -0.2) is 42.6 Å². The van der Waals surface area contributed by atoms with Crippen LogP contribution in [0.3, 0.4) is 0 Å². The molecule has 31 heavy (non-hydrogen) atoms. The maximum absolute atomic E-state index is 14.2. The maximum atomic E-state index is 14.2. The Bertz CT molecular complexity index is 733. The predicted molar refractivity (Wildman–Crippen MR) is 123 cm³/mol. The quantitative estimate of drug-likeness (QED) is 0.482. The SMILES string of the molecule is CCC(=O)O[C@@H]1C[C@H]2CC[C@]1(CS(=O)(=O)N(C1CCCCC1)C1CCCCC1)C2(C)C. The highest BCUT2D eigenvalue weighted by Gasteiger charge is 2.67. The van der Waals surface area contributed by atoms with Crippen LogP contribution in [0.2, 0.25) is 0 Å². The van der Waals surface area contributed by atoms with Gasteiger partial charge in [0.05, 0.1) is 5.75 Å². The molecule has 3 atom stereocenters. The number of rotatable bonds is 7. The Kier molecular flexibility index (Phi) is 6.81. The number of hydrogen-bond donors (Lipinski definition) is 0. The summed E-state index contributed by atoms with van der Waals surface area (Å²) in [6.45, 7) is 6.27. The lowest BCUT2D eigenvalue weighted by Crippen LogP contribution is -2.54. The number of fused-ring (bicyclic) bond motifs is 2. The van der Waals surface area contributed by atoms with Gasteiger partial charge in [-0.15, -0.1) is 0 Å². The summed E-state index contributed by atoms with van der Waals surface area (Å²) in [6.07, 6.45) is 13.8. The van der Waals surface area contributed by atoms with Gasteiger partial charge in [-0.3, -0.25) is 4.79 Å². The van der Waals surface area contributed by atoms with Crippen molar-refractivity contribution in [3.8, 4) is 0 Å². The van der Waals surface area contributed by atoms with Crippen molar-refractivity contribution in [2.75, 3.05) is 5.75 Å². The molecule has 4 aliphatic rings. The molecule has 6 heteroatoms. The first-order chi connectivity index (χ1) is 14.7. The minimum Gasteiger partial charge on any atom is -0.462 e. The second-order valence-corrected chi connectivity index (χ2v) is 13.2. The summed E-state index contributed by atoms with van der Waals surface area (Å²) in [5.74, 6) is 0.398. The van der Waals surface area contributed by atoms with Crippen LogP contribution >= 0.6 is 0 Å². The summed E-state index contributed by atoms with van der Waals surface area (Å²) in [4.78, 5) is 12.2. The van der Waals surface area contributed by atoms with Gasteiger partial charge in [-0.25, -0.2) is 8.42 Å². The van der Waals surface area contributed by atoms with Crippen molar-refractivity contribution >= 4 is 16.0 Å². The van der Waals surface area contributed by atoms with Crippen LogP contribution in [0.15, 0.2) is 0 Å². The second kappa shape index (κ2) is 8.96. The Balaban J connectivity index is 1.65. The van der Waals surface area contributed by atoms with Crippen LogP contribution in [0.5, 0.6) is 0 Å². The Labute approximate surface area is 189 Å². The van der Waals surface area contributed by atoms with Gasteiger partial charge in [0.15, 0.2) is 0 Å². The van der Waals surface area contributed by atoms with E-state index in [-0.39, 0.29) is 35.3 Å². The predicted octanol–water partition coefficient (Wildman–Crippen LogP) is 5.43. The molecule has 0 aromatic heterocycles. The van der Waals surface area contributed by atoms with E-state index in [1.165, 1.54) is 12.8 Å². The topological polar surface area (TPSA) is 63.7 Å². The lowest BCUT2D eigenvalue weighted by molar-refractivity contribution is -0.156. The van der Waals surface area contributed by atoms with Crippen LogP contribution in [0.25, 0.3) is 0 Å². The molecule has 0 unspecified atom stereocenters. The highest BCUT2D eigenvalue weighted by Crippen LogP contribution is 2.67. The molecule has 4 aliphatic carbocycles. The van der Waals surface area contributed by atoms with Crippen molar-refractivity contribution in [1.29, 1.82) is 0 Å². The third-order valence-electron chi connectivity index (χ3n) is 9.55. The van der Waals surface area contributed by atoms with Crippen LogP contribution < -0.4 is 0 Å². The van der Waals surface area contributed by atoms with E-state index in [1.54, 1.807) is 0 Å². The number of nitrogens with zero attached hydrogens (tertiary/aromatic N) is 1. The van der Waals surface area contributed by atoms with Gasteiger partial charge >= 0.3 is 5.97 Å². The average Bonchev–Trinajstić information content (AvgIpc) is 3.09. The van der Waals surface area contributed by atoms with E-state index in [2.05, 4.69) is 13.8 Å². The van der Waals surface area contributed by atoms with E-state index >= 15 is 0 Å². The number of ether oxygens (including phenoxy) is 1. The molecule has 0 aliphatic heterocycles. The molecule has 178 valence electrons. The zero-order chi connectivity index (χ0) is 22.3. The first-order valence-electron chi connectivity index (χ1n) is 12.9. The van der Waals surface area contributed by atoms with Crippen LogP contribution in [-0.2, 0) is 19.6 Å². The molecular formula is C25H43NO4S. The third kappa shape index (κ3) is 4.20. The zero-order valence-corrected chi connectivity index (χ0v) is 20.7. The van der Waals surface area contributed by atoms with E-state index in [9.17, 15) is 13.2 Å². The van der Waals surface area contributed by atoms with Crippen molar-refractivity contribution in [1.82, 2.24) is 4.31 Å². The lowest BCUT2D eigenvalue weighted by Gasteiger charge is -2.46. The van der Waals surface area contributed by atoms with Gasteiger partial charge < -0.3 is 4.74 Å². The van der Waals surface area contributed by atoms with E-state index < -0.39 is 15.4 Å². The number of carbonyl (C=O) groups excluding carboxylic acids is 1. The number of hydrogen-bond acceptors (Lipinski definition) is 4. The Hall–Kier alpha value is -0.620. The van der Waals surface area contributed by atoms with E-state index in [0.717, 1.165) is 70.6 Å². The van der Waals surface area contributed by atoms with Crippen LogP contribution in [0.1, 0.15) is 111 Å². The molecule has 0 heterocycles. The van der Waals surface area contributed by atoms with Gasteiger partial charge in [-0.05, 0) is 56.3 Å². The summed E-state index contributed by atoms with van der Waals surface area (Å²) < 4.78 is 36.4. The standard InChI is InChI=1S/C25H43NO4S/c1-4-23(27)30-22-17-19-15-16-25(22,24(19,2)3)18-31(28,29)26(20-11-7-5-8-12-20)21-13-9-6-10-14-21/h19-22H,4-18H2,1-3H3/t19-,22-,25-/m1/s1. The summed E-state index contributed by atoms with van der Waals surface area (Å²) in [5, 5.41) is 0. The number of carbonyl (C=O) groups is 1. The van der Waals surface area contributed by atoms with Crippen LogP contribution in [0, 0.1) is 16.7 Å². The fourth-order valence-electron chi connectivity index (χ4n) is 7.57. The Morgan fingerprint density at radius 3 is 1.97 bits per heavy atom. The highest BCUT2D eigenvalue weighted by molar-refractivity contribution is 7.89. The number of esters is 1. The van der Waals surface area contributed by atoms with Gasteiger partial charge in [-0.1, -0.05) is 59.3 Å². The van der Waals surface area contributed by atoms with Gasteiger partial charge in [0, 0.05) is 23.9 Å². The minimum atomic E-state index is -3.45. The fraction of sp³-hybridized carbons (Fsp3) is 0.960. The molecule has 5 nitrogen and oxygen atoms in total. The first kappa shape index (κ1) is 23.5. The molecule has 4 saturated carbocycles. The molecule has 0 radical (unpaired) electrons. The molecule has 4 rings (SSSR count). The van der Waals surface area contributed by atoms with Crippen LogP contribution in [0.4, 0.5) is 0 Å². The molecule has 4 fully saturated rings. The van der Waals surface area contributed by atoms with E-state index in [1.807, 2.05) is 11.2 Å². The summed E-state index contributed by atoms with van der Waals surface area (Å²) >= 11 is 0. The molecule has 0 amide bonds. The molecule has 0 aromatic carbocycles. The maximum Gasteiger partial charge on any atom is 0.305 e. The fourth-order valence-corrected chi connectivity index (χ4v) is 10.4. The monoisotopic (exact) mass is 453 g/mol. The highest BCUT2D eigenvalue weighted by atomic mass is 32.2. The molecule has 2 bridgehead atoms. The van der Waals surface area contributed by atoms with Gasteiger partial charge in [0.2, 0.25) is 10.0 Å². The van der Waals surface area contributed by atoms with E-state index in [4.69, 9.17) is 4.74 Å². The molecule has 0 N–H and O–H groups in total. The zero-order valence-electron chi connectivity index (χ0n) is 19.9. The molecule has 0 saturated heterocycles.